The largest absolute Gasteiger partial charge is 0.339 e. The van der Waals surface area contributed by atoms with Gasteiger partial charge in [0.05, 0.1) is 11.3 Å². The molecule has 104 valence electrons. The van der Waals surface area contributed by atoms with Crippen molar-refractivity contribution in [1.29, 1.82) is 0 Å². The van der Waals surface area contributed by atoms with Crippen LogP contribution in [0.1, 0.15) is 21.5 Å². The van der Waals surface area contributed by atoms with Gasteiger partial charge < -0.3 is 5.32 Å². The van der Waals surface area contributed by atoms with E-state index >= 15 is 0 Å². The molecular formula is C15H15FN2O2. The average molecular weight is 274 g/mol. The molecular weight excluding hydrogens is 259 g/mol. The third kappa shape index (κ3) is 2.47. The number of nitrogens with zero attached hydrogens (tertiary/aromatic N) is 1. The molecule has 0 unspecified atom stereocenters. The zero-order valence-electron chi connectivity index (χ0n) is 11.5. The molecule has 0 saturated heterocycles. The molecule has 0 bridgehead atoms. The summed E-state index contributed by atoms with van der Waals surface area (Å²) >= 11 is 0. The van der Waals surface area contributed by atoms with Crippen molar-refractivity contribution in [3.63, 3.8) is 0 Å². The van der Waals surface area contributed by atoms with Crippen molar-refractivity contribution in [3.05, 3.63) is 57.1 Å². The molecule has 2 rings (SSSR count). The van der Waals surface area contributed by atoms with Gasteiger partial charge >= 0.3 is 0 Å². The normalized spacial score (nSPS) is 10.4. The highest BCUT2D eigenvalue weighted by molar-refractivity contribution is 5.84. The van der Waals surface area contributed by atoms with Gasteiger partial charge in [-0.3, -0.25) is 14.2 Å². The summed E-state index contributed by atoms with van der Waals surface area (Å²) in [6.07, 6.45) is 0.640. The number of anilines is 2. The Balaban J connectivity index is 2.56. The minimum atomic E-state index is -0.435. The van der Waals surface area contributed by atoms with E-state index in [4.69, 9.17) is 0 Å². The fraction of sp³-hybridized carbons (Fsp3) is 0.200. The van der Waals surface area contributed by atoms with Crippen LogP contribution in [0.4, 0.5) is 15.9 Å². The third-order valence-electron chi connectivity index (χ3n) is 3.13. The zero-order chi connectivity index (χ0) is 14.9. The lowest BCUT2D eigenvalue weighted by Crippen LogP contribution is -2.23. The summed E-state index contributed by atoms with van der Waals surface area (Å²) in [5.41, 5.74) is 1.55. The summed E-state index contributed by atoms with van der Waals surface area (Å²) in [7, 11) is 1.54. The maximum absolute atomic E-state index is 13.8. The number of nitrogens with one attached hydrogen (secondary N) is 1. The minimum absolute atomic E-state index is 0.220. The van der Waals surface area contributed by atoms with Crippen LogP contribution in [-0.4, -0.2) is 10.9 Å². The molecule has 0 fully saturated rings. The number of aryl methyl sites for hydroxylation is 2. The Morgan fingerprint density at radius 2 is 1.95 bits per heavy atom. The van der Waals surface area contributed by atoms with E-state index in [1.807, 2.05) is 0 Å². The number of halogens is 1. The lowest BCUT2D eigenvalue weighted by molar-refractivity contribution is 0.112. The monoisotopic (exact) mass is 274 g/mol. The Morgan fingerprint density at radius 3 is 2.55 bits per heavy atom. The van der Waals surface area contributed by atoms with Crippen molar-refractivity contribution in [2.75, 3.05) is 5.32 Å². The molecule has 0 atom stereocenters. The van der Waals surface area contributed by atoms with Crippen molar-refractivity contribution in [1.82, 2.24) is 4.57 Å². The predicted molar refractivity (Wildman–Crippen MR) is 76.2 cm³/mol. The summed E-state index contributed by atoms with van der Waals surface area (Å²) in [5.74, 6) is -0.159. The van der Waals surface area contributed by atoms with E-state index in [2.05, 4.69) is 5.32 Å². The quantitative estimate of drug-likeness (QED) is 0.875. The number of benzene rings is 1. The highest BCUT2D eigenvalue weighted by Crippen LogP contribution is 2.22. The van der Waals surface area contributed by atoms with Gasteiger partial charge in [-0.15, -0.1) is 0 Å². The van der Waals surface area contributed by atoms with E-state index in [1.54, 1.807) is 26.0 Å². The summed E-state index contributed by atoms with van der Waals surface area (Å²) in [6, 6.07) is 6.20. The first kappa shape index (κ1) is 14.0. The van der Waals surface area contributed by atoms with Gasteiger partial charge in [-0.2, -0.15) is 0 Å². The van der Waals surface area contributed by atoms with Crippen LogP contribution in [0.15, 0.2) is 29.1 Å². The number of hydrogen-bond acceptors (Lipinski definition) is 3. The van der Waals surface area contributed by atoms with E-state index in [1.165, 1.54) is 23.7 Å². The van der Waals surface area contributed by atoms with Crippen molar-refractivity contribution in [2.24, 2.45) is 7.05 Å². The number of aromatic nitrogens is 1. The molecule has 5 heteroatoms. The summed E-state index contributed by atoms with van der Waals surface area (Å²) < 4.78 is 15.1. The summed E-state index contributed by atoms with van der Waals surface area (Å²) in [6.45, 7) is 3.41. The number of carbonyl (C=O) groups excluding carboxylic acids is 1. The number of aldehydes is 1. The Bertz CT molecular complexity index is 735. The Labute approximate surface area is 115 Å². The molecule has 1 aromatic heterocycles. The van der Waals surface area contributed by atoms with E-state index in [-0.39, 0.29) is 17.1 Å². The number of hydrogen-bond donors (Lipinski definition) is 1. The summed E-state index contributed by atoms with van der Waals surface area (Å²) in [4.78, 5) is 23.0. The Hall–Kier alpha value is -2.43. The van der Waals surface area contributed by atoms with Crippen LogP contribution in [0.25, 0.3) is 0 Å². The van der Waals surface area contributed by atoms with Crippen LogP contribution in [0, 0.1) is 19.7 Å². The van der Waals surface area contributed by atoms with Gasteiger partial charge in [-0.25, -0.2) is 4.39 Å². The van der Waals surface area contributed by atoms with Gasteiger partial charge in [0, 0.05) is 12.6 Å². The van der Waals surface area contributed by atoms with E-state index in [0.29, 0.717) is 17.4 Å². The van der Waals surface area contributed by atoms with Gasteiger partial charge in [0.1, 0.15) is 11.6 Å². The van der Waals surface area contributed by atoms with Crippen molar-refractivity contribution in [3.8, 4) is 0 Å². The molecule has 1 N–H and O–H groups in total. The van der Waals surface area contributed by atoms with Gasteiger partial charge in [-0.05, 0) is 37.6 Å². The fourth-order valence-corrected chi connectivity index (χ4v) is 2.02. The molecule has 0 aliphatic carbocycles. The minimum Gasteiger partial charge on any atom is -0.339 e. The second kappa shape index (κ2) is 5.28. The second-order valence-electron chi connectivity index (χ2n) is 4.72. The molecule has 1 aromatic carbocycles. The molecule has 0 aliphatic heterocycles. The highest BCUT2D eigenvalue weighted by atomic mass is 19.1. The maximum Gasteiger partial charge on any atom is 0.254 e. The molecule has 4 nitrogen and oxygen atoms in total. The van der Waals surface area contributed by atoms with Gasteiger partial charge in [0.25, 0.3) is 5.56 Å². The van der Waals surface area contributed by atoms with Crippen LogP contribution in [-0.2, 0) is 7.05 Å². The molecule has 0 amide bonds. The van der Waals surface area contributed by atoms with Crippen molar-refractivity contribution >= 4 is 17.8 Å². The Morgan fingerprint density at radius 1 is 1.25 bits per heavy atom. The van der Waals surface area contributed by atoms with Crippen LogP contribution in [0.5, 0.6) is 0 Å². The van der Waals surface area contributed by atoms with Gasteiger partial charge in [-0.1, -0.05) is 6.07 Å². The molecule has 1 heterocycles. The smallest absolute Gasteiger partial charge is 0.254 e. The van der Waals surface area contributed by atoms with Crippen LogP contribution >= 0.6 is 0 Å². The lowest BCUT2D eigenvalue weighted by atomic mass is 10.2. The van der Waals surface area contributed by atoms with Crippen molar-refractivity contribution in [2.45, 2.75) is 13.8 Å². The number of rotatable bonds is 3. The third-order valence-corrected chi connectivity index (χ3v) is 3.13. The molecule has 0 radical (unpaired) electrons. The number of carbonyl (C=O) groups is 1. The fourth-order valence-electron chi connectivity index (χ4n) is 2.02. The standard InChI is InChI=1S/C15H15FN2O2/c1-9-4-5-13(12(16)6-9)17-14-11(8-19)7-10(2)15(20)18(14)3/h4-8,17H,1-3H3. The van der Waals surface area contributed by atoms with Gasteiger partial charge in [0.15, 0.2) is 6.29 Å². The molecule has 0 aliphatic rings. The van der Waals surface area contributed by atoms with E-state index < -0.39 is 5.82 Å². The molecule has 20 heavy (non-hydrogen) atoms. The topological polar surface area (TPSA) is 51.1 Å². The van der Waals surface area contributed by atoms with Crippen LogP contribution in [0.3, 0.4) is 0 Å². The van der Waals surface area contributed by atoms with Crippen LogP contribution in [0.2, 0.25) is 0 Å². The van der Waals surface area contributed by atoms with E-state index in [0.717, 1.165) is 5.56 Å². The molecule has 0 saturated carbocycles. The first-order chi connectivity index (χ1) is 9.43. The maximum atomic E-state index is 13.8. The van der Waals surface area contributed by atoms with Crippen molar-refractivity contribution < 1.29 is 9.18 Å². The number of pyridine rings is 1. The molecule has 0 spiro atoms. The predicted octanol–water partition coefficient (Wildman–Crippen LogP) is 2.70. The highest BCUT2D eigenvalue weighted by Gasteiger charge is 2.12. The first-order valence-electron chi connectivity index (χ1n) is 6.13. The summed E-state index contributed by atoms with van der Waals surface area (Å²) in [5, 5.41) is 2.81. The second-order valence-corrected chi connectivity index (χ2v) is 4.72. The molecule has 2 aromatic rings. The average Bonchev–Trinajstić information content (AvgIpc) is 2.41. The van der Waals surface area contributed by atoms with Crippen LogP contribution < -0.4 is 10.9 Å². The van der Waals surface area contributed by atoms with Gasteiger partial charge in [0.2, 0.25) is 0 Å². The zero-order valence-corrected chi connectivity index (χ0v) is 11.5. The SMILES string of the molecule is Cc1ccc(Nc2c(C=O)cc(C)c(=O)n2C)c(F)c1. The van der Waals surface area contributed by atoms with E-state index in [9.17, 15) is 14.0 Å². The Kier molecular flexibility index (Phi) is 3.70. The lowest BCUT2D eigenvalue weighted by Gasteiger charge is -2.15. The first-order valence-corrected chi connectivity index (χ1v) is 6.13.